The molecule has 26 heavy (non-hydrogen) atoms. The fourth-order valence-corrected chi connectivity index (χ4v) is 2.69. The molecule has 3 aromatic rings. The minimum atomic E-state index is -3.44. The Kier molecular flexibility index (Phi) is 5.70. The maximum absolute atomic E-state index is 10.8. The van der Waals surface area contributed by atoms with Gasteiger partial charge in [0, 0.05) is 5.39 Å². The van der Waals surface area contributed by atoms with Crippen LogP contribution in [0.4, 0.5) is 0 Å². The van der Waals surface area contributed by atoms with E-state index in [2.05, 4.69) is 9.17 Å². The van der Waals surface area contributed by atoms with Gasteiger partial charge in [-0.2, -0.15) is 8.42 Å². The number of ether oxygens (including phenoxy) is 2. The standard InChI is InChI=1S/C19H19NO5S/c1-26(21,22)25-13-12-23-17-8-10-18(11-9-17)24-14-16-7-6-15-4-2-3-5-19(15)20-16/h2-11H,12-14H2,1H3. The third kappa shape index (κ3) is 5.44. The van der Waals surface area contributed by atoms with Crippen LogP contribution < -0.4 is 9.47 Å². The lowest BCUT2D eigenvalue weighted by atomic mass is 10.2. The smallest absolute Gasteiger partial charge is 0.264 e. The summed E-state index contributed by atoms with van der Waals surface area (Å²) in [4.78, 5) is 4.56. The number of para-hydroxylation sites is 1. The Bertz CT molecular complexity index is 971. The number of hydrogen-bond acceptors (Lipinski definition) is 6. The second kappa shape index (κ2) is 8.16. The second-order valence-electron chi connectivity index (χ2n) is 5.63. The van der Waals surface area contributed by atoms with Gasteiger partial charge in [-0.25, -0.2) is 4.98 Å². The van der Waals surface area contributed by atoms with E-state index < -0.39 is 10.1 Å². The molecule has 1 aromatic heterocycles. The number of aromatic nitrogens is 1. The van der Waals surface area contributed by atoms with Crippen LogP contribution in [0.5, 0.6) is 11.5 Å². The number of benzene rings is 2. The van der Waals surface area contributed by atoms with Gasteiger partial charge in [0.25, 0.3) is 10.1 Å². The van der Waals surface area contributed by atoms with Crippen LogP contribution in [0.3, 0.4) is 0 Å². The molecule has 0 spiro atoms. The molecule has 0 unspecified atom stereocenters. The van der Waals surface area contributed by atoms with Crippen LogP contribution in [0.15, 0.2) is 60.7 Å². The van der Waals surface area contributed by atoms with Gasteiger partial charge in [0.05, 0.1) is 17.5 Å². The van der Waals surface area contributed by atoms with Gasteiger partial charge >= 0.3 is 0 Å². The summed E-state index contributed by atoms with van der Waals surface area (Å²) in [5, 5.41) is 1.10. The average molecular weight is 373 g/mol. The molecule has 1 heterocycles. The van der Waals surface area contributed by atoms with Gasteiger partial charge in [0.15, 0.2) is 0 Å². The van der Waals surface area contributed by atoms with E-state index in [0.29, 0.717) is 18.1 Å². The highest BCUT2D eigenvalue weighted by Crippen LogP contribution is 2.19. The molecule has 0 fully saturated rings. The largest absolute Gasteiger partial charge is 0.491 e. The number of fused-ring (bicyclic) bond motifs is 1. The van der Waals surface area contributed by atoms with Crippen LogP contribution >= 0.6 is 0 Å². The van der Waals surface area contributed by atoms with Crippen molar-refractivity contribution in [1.82, 2.24) is 4.98 Å². The third-order valence-electron chi connectivity index (χ3n) is 3.52. The fourth-order valence-electron chi connectivity index (χ4n) is 2.32. The highest BCUT2D eigenvalue weighted by atomic mass is 32.2. The summed E-state index contributed by atoms with van der Waals surface area (Å²) in [5.74, 6) is 1.30. The molecule has 3 rings (SSSR count). The van der Waals surface area contributed by atoms with Gasteiger partial charge < -0.3 is 9.47 Å². The van der Waals surface area contributed by atoms with E-state index in [1.54, 1.807) is 24.3 Å². The summed E-state index contributed by atoms with van der Waals surface area (Å²) in [6.07, 6.45) is 1.00. The van der Waals surface area contributed by atoms with E-state index in [1.165, 1.54) is 0 Å². The van der Waals surface area contributed by atoms with E-state index in [0.717, 1.165) is 22.9 Å². The SMILES string of the molecule is CS(=O)(=O)OCCOc1ccc(OCc2ccc3ccccc3n2)cc1. The molecule has 0 radical (unpaired) electrons. The summed E-state index contributed by atoms with van der Waals surface area (Å²) < 4.78 is 37.5. The highest BCUT2D eigenvalue weighted by Gasteiger charge is 2.03. The first-order valence-electron chi connectivity index (χ1n) is 8.04. The molecule has 0 N–H and O–H groups in total. The zero-order valence-electron chi connectivity index (χ0n) is 14.3. The van der Waals surface area contributed by atoms with Gasteiger partial charge in [-0.15, -0.1) is 0 Å². The summed E-state index contributed by atoms with van der Waals surface area (Å²) >= 11 is 0. The normalized spacial score (nSPS) is 11.4. The Morgan fingerprint density at radius 3 is 2.27 bits per heavy atom. The molecular formula is C19H19NO5S. The van der Waals surface area contributed by atoms with E-state index in [4.69, 9.17) is 9.47 Å². The molecule has 0 saturated carbocycles. The van der Waals surface area contributed by atoms with Crippen molar-refractivity contribution in [2.75, 3.05) is 19.5 Å². The van der Waals surface area contributed by atoms with E-state index in [9.17, 15) is 8.42 Å². The second-order valence-corrected chi connectivity index (χ2v) is 7.27. The van der Waals surface area contributed by atoms with Crippen LogP contribution in [-0.4, -0.2) is 32.9 Å². The molecule has 0 aliphatic carbocycles. The zero-order chi connectivity index (χ0) is 18.4. The van der Waals surface area contributed by atoms with E-state index >= 15 is 0 Å². The highest BCUT2D eigenvalue weighted by molar-refractivity contribution is 7.85. The maximum Gasteiger partial charge on any atom is 0.264 e. The number of rotatable bonds is 8. The molecule has 136 valence electrons. The van der Waals surface area contributed by atoms with Gasteiger partial charge in [0.1, 0.15) is 31.3 Å². The van der Waals surface area contributed by atoms with Crippen molar-refractivity contribution in [1.29, 1.82) is 0 Å². The van der Waals surface area contributed by atoms with Gasteiger partial charge in [-0.1, -0.05) is 24.3 Å². The quantitative estimate of drug-likeness (QED) is 0.446. The van der Waals surface area contributed by atoms with Crippen molar-refractivity contribution in [3.8, 4) is 11.5 Å². The molecule has 7 heteroatoms. The predicted octanol–water partition coefficient (Wildman–Crippen LogP) is 3.17. The molecule has 6 nitrogen and oxygen atoms in total. The van der Waals surface area contributed by atoms with Crippen molar-refractivity contribution in [2.45, 2.75) is 6.61 Å². The van der Waals surface area contributed by atoms with Crippen molar-refractivity contribution >= 4 is 21.0 Å². The first-order valence-corrected chi connectivity index (χ1v) is 9.86. The Balaban J connectivity index is 1.50. The van der Waals surface area contributed by atoms with Crippen molar-refractivity contribution in [3.05, 3.63) is 66.4 Å². The summed E-state index contributed by atoms with van der Waals surface area (Å²) in [5.41, 5.74) is 1.79. The number of pyridine rings is 1. The lowest BCUT2D eigenvalue weighted by Crippen LogP contribution is -2.11. The number of nitrogens with zero attached hydrogens (tertiary/aromatic N) is 1. The van der Waals surface area contributed by atoms with Crippen LogP contribution in [0, 0.1) is 0 Å². The zero-order valence-corrected chi connectivity index (χ0v) is 15.1. The van der Waals surface area contributed by atoms with Crippen molar-refractivity contribution < 1.29 is 22.1 Å². The van der Waals surface area contributed by atoms with Crippen molar-refractivity contribution in [3.63, 3.8) is 0 Å². The summed E-state index contributed by atoms with van der Waals surface area (Å²) in [6.45, 7) is 0.492. The van der Waals surface area contributed by atoms with Crippen LogP contribution in [0.2, 0.25) is 0 Å². The molecule has 0 saturated heterocycles. The van der Waals surface area contributed by atoms with Crippen LogP contribution in [0.25, 0.3) is 10.9 Å². The molecule has 0 bridgehead atoms. The Labute approximate surface area is 152 Å². The summed E-state index contributed by atoms with van der Waals surface area (Å²) in [7, 11) is -3.44. The molecule has 0 amide bonds. The van der Waals surface area contributed by atoms with E-state index in [-0.39, 0.29) is 13.2 Å². The molecule has 0 aliphatic heterocycles. The lowest BCUT2D eigenvalue weighted by molar-refractivity contribution is 0.222. The molecular weight excluding hydrogens is 354 g/mol. The summed E-state index contributed by atoms with van der Waals surface area (Å²) in [6, 6.07) is 19.0. The first kappa shape index (κ1) is 18.2. The first-order chi connectivity index (χ1) is 12.5. The van der Waals surface area contributed by atoms with Crippen molar-refractivity contribution in [2.24, 2.45) is 0 Å². The third-order valence-corrected chi connectivity index (χ3v) is 4.11. The minimum absolute atomic E-state index is 0.0231. The number of hydrogen-bond donors (Lipinski definition) is 0. The van der Waals surface area contributed by atoms with Gasteiger partial charge in [0.2, 0.25) is 0 Å². The predicted molar refractivity (Wildman–Crippen MR) is 98.8 cm³/mol. The molecule has 0 atom stereocenters. The topological polar surface area (TPSA) is 74.7 Å². The van der Waals surface area contributed by atoms with E-state index in [1.807, 2.05) is 36.4 Å². The monoisotopic (exact) mass is 373 g/mol. The minimum Gasteiger partial charge on any atom is -0.491 e. The fraction of sp³-hybridized carbons (Fsp3) is 0.211. The van der Waals surface area contributed by atoms with Crippen LogP contribution in [0.1, 0.15) is 5.69 Å². The van der Waals surface area contributed by atoms with Gasteiger partial charge in [-0.3, -0.25) is 4.18 Å². The average Bonchev–Trinajstić information content (AvgIpc) is 2.63. The van der Waals surface area contributed by atoms with Crippen LogP contribution in [-0.2, 0) is 20.9 Å². The molecule has 2 aromatic carbocycles. The molecule has 0 aliphatic rings. The Morgan fingerprint density at radius 1 is 0.846 bits per heavy atom. The maximum atomic E-state index is 10.8. The Hall–Kier alpha value is -2.64. The lowest BCUT2D eigenvalue weighted by Gasteiger charge is -2.09. The van der Waals surface area contributed by atoms with Gasteiger partial charge in [-0.05, 0) is 36.4 Å². The Morgan fingerprint density at radius 2 is 1.54 bits per heavy atom.